The van der Waals surface area contributed by atoms with Gasteiger partial charge < -0.3 is 15.3 Å². The van der Waals surface area contributed by atoms with Crippen LogP contribution < -0.4 is 0 Å². The number of rotatable bonds is 5. The lowest BCUT2D eigenvalue weighted by Crippen LogP contribution is -2.01. The number of aryl methyl sites for hydroxylation is 1. The number of allylic oxidation sites excluding steroid dienone is 3. The van der Waals surface area contributed by atoms with Gasteiger partial charge in [-0.2, -0.15) is 0 Å². The Labute approximate surface area is 142 Å². The first-order valence-corrected chi connectivity index (χ1v) is 8.27. The average Bonchev–Trinajstić information content (AvgIpc) is 2.61. The van der Waals surface area contributed by atoms with Crippen molar-refractivity contribution in [2.24, 2.45) is 0 Å². The molecule has 1 unspecified atom stereocenters. The third-order valence-electron chi connectivity index (χ3n) is 4.35. The minimum absolute atomic E-state index is 0.179. The van der Waals surface area contributed by atoms with Crippen molar-refractivity contribution in [2.45, 2.75) is 25.2 Å². The quantitative estimate of drug-likeness (QED) is 0.761. The van der Waals surface area contributed by atoms with Crippen molar-refractivity contribution in [3.05, 3.63) is 77.6 Å². The molecule has 0 bridgehead atoms. The Hall–Kier alpha value is -2.52. The third kappa shape index (κ3) is 3.87. The first kappa shape index (κ1) is 16.3. The van der Waals surface area contributed by atoms with Gasteiger partial charge in [0.25, 0.3) is 0 Å². The molecular formula is C21H22O3. The number of hydrogen-bond donors (Lipinski definition) is 3. The van der Waals surface area contributed by atoms with Crippen molar-refractivity contribution in [2.75, 3.05) is 6.61 Å². The molecule has 1 atom stereocenters. The van der Waals surface area contributed by atoms with Gasteiger partial charge in [-0.15, -0.1) is 0 Å². The largest absolute Gasteiger partial charge is 0.508 e. The Bertz CT molecular complexity index is 757. The number of hydrogen-bond acceptors (Lipinski definition) is 3. The molecule has 3 heteroatoms. The highest BCUT2D eigenvalue weighted by molar-refractivity contribution is 5.66. The maximum absolute atomic E-state index is 9.53. The van der Waals surface area contributed by atoms with E-state index in [0.717, 1.165) is 30.4 Å². The molecular weight excluding hydrogens is 300 g/mol. The summed E-state index contributed by atoms with van der Waals surface area (Å²) < 4.78 is 0. The van der Waals surface area contributed by atoms with Gasteiger partial charge in [0.1, 0.15) is 11.5 Å². The van der Waals surface area contributed by atoms with Crippen LogP contribution in [0.2, 0.25) is 0 Å². The van der Waals surface area contributed by atoms with Crippen LogP contribution in [-0.4, -0.2) is 21.9 Å². The molecule has 1 aliphatic carbocycles. The fourth-order valence-electron chi connectivity index (χ4n) is 3.04. The highest BCUT2D eigenvalue weighted by Gasteiger charge is 2.13. The molecule has 0 heterocycles. The van der Waals surface area contributed by atoms with Gasteiger partial charge in [-0.3, -0.25) is 0 Å². The molecule has 0 aliphatic heterocycles. The van der Waals surface area contributed by atoms with E-state index >= 15 is 0 Å². The highest BCUT2D eigenvalue weighted by Crippen LogP contribution is 2.32. The molecule has 0 amide bonds. The summed E-state index contributed by atoms with van der Waals surface area (Å²) in [5, 5.41) is 28.1. The van der Waals surface area contributed by atoms with Crippen molar-refractivity contribution < 1.29 is 15.3 Å². The zero-order valence-electron chi connectivity index (χ0n) is 13.5. The maximum Gasteiger partial charge on any atom is 0.115 e. The second-order valence-corrected chi connectivity index (χ2v) is 6.17. The van der Waals surface area contributed by atoms with E-state index in [1.54, 1.807) is 18.2 Å². The fraction of sp³-hybridized carbons (Fsp3) is 0.238. The molecule has 3 N–H and O–H groups in total. The number of phenols is 1. The van der Waals surface area contributed by atoms with E-state index in [4.69, 9.17) is 5.11 Å². The van der Waals surface area contributed by atoms with Crippen LogP contribution in [0, 0.1) is 0 Å². The Morgan fingerprint density at radius 1 is 0.958 bits per heavy atom. The molecule has 24 heavy (non-hydrogen) atoms. The molecule has 1 aliphatic rings. The number of benzene rings is 2. The Morgan fingerprint density at radius 3 is 2.42 bits per heavy atom. The van der Waals surface area contributed by atoms with E-state index in [9.17, 15) is 10.2 Å². The van der Waals surface area contributed by atoms with Gasteiger partial charge in [-0.25, -0.2) is 0 Å². The fourth-order valence-corrected chi connectivity index (χ4v) is 3.04. The van der Waals surface area contributed by atoms with Gasteiger partial charge in [0.15, 0.2) is 0 Å². The third-order valence-corrected chi connectivity index (χ3v) is 4.35. The monoisotopic (exact) mass is 322 g/mol. The SMILES string of the molecule is OCCCc1cc(-c2ccc(O)cc2)cc(C2C=CC(O)=CC2)c1. The summed E-state index contributed by atoms with van der Waals surface area (Å²) in [7, 11) is 0. The molecule has 0 spiro atoms. The van der Waals surface area contributed by atoms with E-state index in [2.05, 4.69) is 18.2 Å². The van der Waals surface area contributed by atoms with Gasteiger partial charge in [-0.05, 0) is 65.8 Å². The van der Waals surface area contributed by atoms with Crippen LogP contribution in [0.3, 0.4) is 0 Å². The van der Waals surface area contributed by atoms with E-state index in [0.29, 0.717) is 5.76 Å². The van der Waals surface area contributed by atoms with Crippen LogP contribution in [0.5, 0.6) is 5.75 Å². The molecule has 124 valence electrons. The highest BCUT2D eigenvalue weighted by atomic mass is 16.3. The van der Waals surface area contributed by atoms with Crippen LogP contribution in [0.1, 0.15) is 29.9 Å². The topological polar surface area (TPSA) is 60.7 Å². The lowest BCUT2D eigenvalue weighted by atomic mass is 9.88. The van der Waals surface area contributed by atoms with Crippen molar-refractivity contribution in [3.63, 3.8) is 0 Å². The lowest BCUT2D eigenvalue weighted by molar-refractivity contribution is 0.288. The standard InChI is InChI=1S/C21H22O3/c22-11-1-2-15-12-18(16-3-7-20(23)8-4-16)14-19(13-15)17-5-9-21(24)10-6-17/h3-5,7-10,12-14,17,22-24H,1-2,6,11H2. The van der Waals surface area contributed by atoms with Gasteiger partial charge >= 0.3 is 0 Å². The van der Waals surface area contributed by atoms with Crippen LogP contribution in [0.25, 0.3) is 11.1 Å². The molecule has 0 saturated carbocycles. The van der Waals surface area contributed by atoms with Crippen LogP contribution >= 0.6 is 0 Å². The van der Waals surface area contributed by atoms with Crippen molar-refractivity contribution in [3.8, 4) is 16.9 Å². The molecule has 0 aromatic heterocycles. The van der Waals surface area contributed by atoms with Crippen molar-refractivity contribution in [1.82, 2.24) is 0 Å². The Kier molecular flexibility index (Phi) is 5.02. The van der Waals surface area contributed by atoms with Gasteiger partial charge in [0.05, 0.1) is 0 Å². The van der Waals surface area contributed by atoms with Crippen LogP contribution in [-0.2, 0) is 6.42 Å². The zero-order valence-corrected chi connectivity index (χ0v) is 13.5. The number of aliphatic hydroxyl groups is 2. The first-order chi connectivity index (χ1) is 11.7. The van der Waals surface area contributed by atoms with Crippen molar-refractivity contribution >= 4 is 0 Å². The lowest BCUT2D eigenvalue weighted by Gasteiger charge is -2.18. The number of aliphatic hydroxyl groups excluding tert-OH is 2. The van der Waals surface area contributed by atoms with Crippen molar-refractivity contribution in [1.29, 1.82) is 0 Å². The molecule has 2 aromatic carbocycles. The summed E-state index contributed by atoms with van der Waals surface area (Å²) in [6, 6.07) is 13.7. The molecule has 0 fully saturated rings. The van der Waals surface area contributed by atoms with E-state index in [-0.39, 0.29) is 18.3 Å². The maximum atomic E-state index is 9.53. The summed E-state index contributed by atoms with van der Waals surface area (Å²) in [5.41, 5.74) is 4.55. The van der Waals surface area contributed by atoms with E-state index in [1.807, 2.05) is 24.3 Å². The van der Waals surface area contributed by atoms with Gasteiger partial charge in [-0.1, -0.05) is 36.4 Å². The van der Waals surface area contributed by atoms with E-state index < -0.39 is 0 Å². The van der Waals surface area contributed by atoms with Crippen LogP contribution in [0.4, 0.5) is 0 Å². The van der Waals surface area contributed by atoms with Gasteiger partial charge in [0.2, 0.25) is 0 Å². The summed E-state index contributed by atoms with van der Waals surface area (Å²) in [4.78, 5) is 0. The second kappa shape index (κ2) is 7.37. The molecule has 3 rings (SSSR count). The number of phenolic OH excluding ortho intramolecular Hbond substituents is 1. The van der Waals surface area contributed by atoms with E-state index in [1.165, 1.54) is 11.1 Å². The predicted molar refractivity (Wildman–Crippen MR) is 96.2 cm³/mol. The normalized spacial score (nSPS) is 16.9. The zero-order chi connectivity index (χ0) is 16.9. The molecule has 2 aromatic rings. The minimum Gasteiger partial charge on any atom is -0.508 e. The predicted octanol–water partition coefficient (Wildman–Crippen LogP) is 4.47. The summed E-state index contributed by atoms with van der Waals surface area (Å²) in [5.74, 6) is 0.818. The minimum atomic E-state index is 0.179. The Morgan fingerprint density at radius 2 is 1.75 bits per heavy atom. The van der Waals surface area contributed by atoms with Crippen LogP contribution in [0.15, 0.2) is 66.5 Å². The molecule has 3 nitrogen and oxygen atoms in total. The smallest absolute Gasteiger partial charge is 0.115 e. The second-order valence-electron chi connectivity index (χ2n) is 6.17. The Balaban J connectivity index is 1.97. The first-order valence-electron chi connectivity index (χ1n) is 8.27. The summed E-state index contributed by atoms with van der Waals surface area (Å²) >= 11 is 0. The summed E-state index contributed by atoms with van der Waals surface area (Å²) in [6.45, 7) is 0.179. The summed E-state index contributed by atoms with van der Waals surface area (Å²) in [6.07, 6.45) is 7.95. The molecule has 0 saturated heterocycles. The average molecular weight is 322 g/mol. The molecule has 0 radical (unpaired) electrons. The number of aromatic hydroxyl groups is 1. The van der Waals surface area contributed by atoms with Gasteiger partial charge in [0, 0.05) is 12.5 Å².